The number of rotatable bonds is 9. The Labute approximate surface area is 344 Å². The SMILES string of the molecule is [CH]Sc1ccc(C=Cc2ccc(N3c4ccc(/C=c5\s/c(=c6/s/c(=C7/SC(=S)N(CC)C7=O)n(CC)c6=O)n(CC(=O)O)c5=O)cc4C4CCCC43)cc2)cc1. The summed E-state index contributed by atoms with van der Waals surface area (Å²) < 4.78 is 4.31. The molecule has 3 aromatic carbocycles. The van der Waals surface area contributed by atoms with Crippen LogP contribution in [0.5, 0.6) is 0 Å². The first-order valence-electron chi connectivity index (χ1n) is 18.2. The van der Waals surface area contributed by atoms with E-state index in [0.29, 0.717) is 36.9 Å². The van der Waals surface area contributed by atoms with E-state index in [0.717, 1.165) is 91.2 Å². The van der Waals surface area contributed by atoms with E-state index in [1.165, 1.54) is 26.8 Å². The van der Waals surface area contributed by atoms with Gasteiger partial charge in [-0.1, -0.05) is 72.9 Å². The van der Waals surface area contributed by atoms with Crippen LogP contribution < -0.4 is 25.2 Å². The van der Waals surface area contributed by atoms with E-state index in [9.17, 15) is 24.3 Å². The molecule has 2 atom stereocenters. The molecule has 2 fully saturated rings. The van der Waals surface area contributed by atoms with Gasteiger partial charge >= 0.3 is 5.97 Å². The molecule has 14 heteroatoms. The molecule has 0 bridgehead atoms. The molecule has 1 saturated carbocycles. The molecular weight excluding hydrogens is 801 g/mol. The zero-order valence-electron chi connectivity index (χ0n) is 30.5. The van der Waals surface area contributed by atoms with Gasteiger partial charge in [-0.05, 0) is 91.4 Å². The minimum Gasteiger partial charge on any atom is -0.480 e. The van der Waals surface area contributed by atoms with Crippen LogP contribution in [0.4, 0.5) is 11.4 Å². The van der Waals surface area contributed by atoms with Crippen molar-refractivity contribution < 1.29 is 14.7 Å². The Balaban J connectivity index is 1.18. The van der Waals surface area contributed by atoms with E-state index in [4.69, 9.17) is 18.5 Å². The fourth-order valence-electron chi connectivity index (χ4n) is 7.82. The van der Waals surface area contributed by atoms with Gasteiger partial charge in [-0.3, -0.25) is 33.2 Å². The van der Waals surface area contributed by atoms with Crippen molar-refractivity contribution in [3.8, 4) is 0 Å². The van der Waals surface area contributed by atoms with E-state index in [1.807, 2.05) is 25.1 Å². The minimum absolute atomic E-state index is 0.215. The van der Waals surface area contributed by atoms with Gasteiger partial charge in [0.15, 0.2) is 0 Å². The lowest BCUT2D eigenvalue weighted by atomic mass is 9.96. The van der Waals surface area contributed by atoms with Gasteiger partial charge in [0.25, 0.3) is 17.0 Å². The summed E-state index contributed by atoms with van der Waals surface area (Å²) in [5, 5.41) is 9.82. The van der Waals surface area contributed by atoms with E-state index in [1.54, 1.807) is 13.0 Å². The zero-order chi connectivity index (χ0) is 39.2. The van der Waals surface area contributed by atoms with Crippen LogP contribution in [-0.2, 0) is 22.7 Å². The van der Waals surface area contributed by atoms with E-state index in [-0.39, 0.29) is 27.2 Å². The number of thiocarbonyl (C=S) groups is 1. The number of benzene rings is 3. The molecule has 1 N–H and O–H groups in total. The third-order valence-electron chi connectivity index (χ3n) is 10.4. The number of aromatic nitrogens is 2. The third kappa shape index (κ3) is 6.95. The molecule has 2 aromatic heterocycles. The molecule has 0 spiro atoms. The Morgan fingerprint density at radius 3 is 2.23 bits per heavy atom. The number of amides is 1. The van der Waals surface area contributed by atoms with Crippen molar-refractivity contribution in [2.45, 2.75) is 63.1 Å². The lowest BCUT2D eigenvalue weighted by Gasteiger charge is -2.27. The monoisotopic (exact) mass is 836 g/mol. The van der Waals surface area contributed by atoms with Gasteiger partial charge in [0.05, 0.1) is 4.53 Å². The molecule has 284 valence electrons. The normalized spacial score (nSPS) is 19.8. The standard InChI is InChI=1S/C42H36N4O5S5/c1-4-43-38(50)35(55-40(43)36-39(51)44(5-2)42(52)56-36)41-45(23-34(47)48)37(49)33(54-41)22-26-15-20-32-30(21-26)29-7-6-8-31(29)46(32)27-16-11-24(12-17-27)9-10-25-13-18-28(53-3)19-14-25/h3,9-22,29,31H,4-8,23H2,1-2H3,(H,47,48)/b10-9?,33-22-,40-36+,41-35+. The second-order valence-corrected chi connectivity index (χ2v) is 18.0. The smallest absolute Gasteiger partial charge is 0.323 e. The number of thiazole rings is 2. The molecule has 4 heterocycles. The summed E-state index contributed by atoms with van der Waals surface area (Å²) in [4.78, 5) is 58.3. The lowest BCUT2D eigenvalue weighted by molar-refractivity contribution is -0.137. The Morgan fingerprint density at radius 1 is 0.893 bits per heavy atom. The van der Waals surface area contributed by atoms with Crippen LogP contribution in [-0.4, -0.2) is 47.9 Å². The quantitative estimate of drug-likeness (QED) is 0.0950. The molecule has 2 radical (unpaired) electrons. The molecule has 2 unspecified atom stereocenters. The van der Waals surface area contributed by atoms with Crippen LogP contribution in [0.15, 0.2) is 81.2 Å². The summed E-state index contributed by atoms with van der Waals surface area (Å²) in [6, 6.07) is 23.3. The van der Waals surface area contributed by atoms with Gasteiger partial charge in [0.2, 0.25) is 0 Å². The number of carbonyl (C=O) groups excluding carboxylic acids is 1. The first-order chi connectivity index (χ1) is 27.1. The fourth-order valence-corrected chi connectivity index (χ4v) is 12.1. The number of aliphatic carboxylic acids is 1. The number of carboxylic acid groups (broad SMARTS) is 1. The Bertz CT molecular complexity index is 2780. The highest BCUT2D eigenvalue weighted by atomic mass is 32.2. The van der Waals surface area contributed by atoms with Gasteiger partial charge in [0.1, 0.15) is 29.6 Å². The number of thioether (sulfide) groups is 2. The zero-order valence-corrected chi connectivity index (χ0v) is 34.6. The second-order valence-electron chi connectivity index (χ2n) is 13.6. The van der Waals surface area contributed by atoms with E-state index >= 15 is 0 Å². The van der Waals surface area contributed by atoms with Crippen LogP contribution in [0.25, 0.3) is 23.1 Å². The molecule has 1 aliphatic carbocycles. The molecule has 8 rings (SSSR count). The van der Waals surface area contributed by atoms with Crippen molar-refractivity contribution in [2.24, 2.45) is 0 Å². The van der Waals surface area contributed by atoms with Gasteiger partial charge in [-0.25, -0.2) is 0 Å². The number of hydrogen-bond acceptors (Lipinski definition) is 10. The topological polar surface area (TPSA) is 105 Å². The highest BCUT2D eigenvalue weighted by Gasteiger charge is 2.42. The molecule has 1 saturated heterocycles. The molecule has 3 aliphatic rings. The number of hydrogen-bond donors (Lipinski definition) is 1. The maximum absolute atomic E-state index is 13.9. The first kappa shape index (κ1) is 38.4. The number of carbonyl (C=O) groups is 2. The Kier molecular flexibility index (Phi) is 10.8. The van der Waals surface area contributed by atoms with Crippen molar-refractivity contribution in [3.63, 3.8) is 0 Å². The van der Waals surface area contributed by atoms with Gasteiger partial charge in [-0.15, -0.1) is 34.4 Å². The Hall–Kier alpha value is -4.47. The molecule has 56 heavy (non-hydrogen) atoms. The summed E-state index contributed by atoms with van der Waals surface area (Å²) in [6.07, 6.45) is 14.9. The minimum atomic E-state index is -1.20. The Morgan fingerprint density at radius 2 is 1.59 bits per heavy atom. The second kappa shape index (κ2) is 15.8. The van der Waals surface area contributed by atoms with Gasteiger partial charge in [0, 0.05) is 47.6 Å². The number of anilines is 2. The van der Waals surface area contributed by atoms with Gasteiger partial charge in [-0.2, -0.15) is 0 Å². The van der Waals surface area contributed by atoms with Crippen LogP contribution in [0.1, 0.15) is 61.3 Å². The van der Waals surface area contributed by atoms with Crippen molar-refractivity contribution in [1.82, 2.24) is 14.0 Å². The van der Waals surface area contributed by atoms with Crippen LogP contribution in [0.3, 0.4) is 0 Å². The van der Waals surface area contributed by atoms with Crippen molar-refractivity contribution in [1.29, 1.82) is 0 Å². The van der Waals surface area contributed by atoms with Crippen molar-refractivity contribution in [3.05, 3.63) is 134 Å². The lowest BCUT2D eigenvalue weighted by Crippen LogP contribution is -2.31. The summed E-state index contributed by atoms with van der Waals surface area (Å²) >= 11 is 9.99. The summed E-state index contributed by atoms with van der Waals surface area (Å²) in [5.41, 5.74) is 5.68. The van der Waals surface area contributed by atoms with E-state index in [2.05, 4.69) is 65.6 Å². The van der Waals surface area contributed by atoms with Crippen molar-refractivity contribution in [2.75, 3.05) is 11.4 Å². The fraction of sp³-hybridized carbons (Fsp3) is 0.238. The molecule has 5 aromatic rings. The molecule has 1 amide bonds. The highest BCUT2D eigenvalue weighted by Crippen LogP contribution is 2.52. The molecular formula is C42H36N4O5S5. The number of nitrogens with zero attached hydrogens (tertiary/aromatic N) is 4. The molecule has 2 aliphatic heterocycles. The van der Waals surface area contributed by atoms with Crippen LogP contribution in [0.2, 0.25) is 0 Å². The predicted octanol–water partition coefficient (Wildman–Crippen LogP) is 7.06. The first-order valence-corrected chi connectivity index (χ1v) is 22.0. The number of carboxylic acids is 1. The third-order valence-corrected chi connectivity index (χ3v) is 15.0. The van der Waals surface area contributed by atoms with E-state index < -0.39 is 18.1 Å². The summed E-state index contributed by atoms with van der Waals surface area (Å²) in [7, 11) is 0. The van der Waals surface area contributed by atoms with Crippen LogP contribution >= 0.6 is 58.4 Å². The average molecular weight is 837 g/mol. The largest absolute Gasteiger partial charge is 0.480 e. The highest BCUT2D eigenvalue weighted by molar-refractivity contribution is 8.30. The van der Waals surface area contributed by atoms with Crippen LogP contribution in [0, 0.1) is 15.5 Å². The predicted molar refractivity (Wildman–Crippen MR) is 233 cm³/mol. The summed E-state index contributed by atoms with van der Waals surface area (Å²) in [6.45, 7) is 3.73. The average Bonchev–Trinajstić information content (AvgIpc) is 4.00. The molecule has 9 nitrogen and oxygen atoms in total. The summed E-state index contributed by atoms with van der Waals surface area (Å²) in [5.74, 6) is -1.12. The maximum Gasteiger partial charge on any atom is 0.323 e. The van der Waals surface area contributed by atoms with Crippen molar-refractivity contribution >= 4 is 109 Å². The maximum atomic E-state index is 13.9. The number of fused-ring (bicyclic) bond motifs is 3. The van der Waals surface area contributed by atoms with Gasteiger partial charge < -0.3 is 10.0 Å².